The molecule has 0 atom stereocenters. The largest absolute Gasteiger partial charge is 0.362 e. The predicted molar refractivity (Wildman–Crippen MR) is 65.8 cm³/mol. The Kier molecular flexibility index (Phi) is 4.71. The summed E-state index contributed by atoms with van der Waals surface area (Å²) in [4.78, 5) is 0. The van der Waals surface area contributed by atoms with Crippen LogP contribution < -0.4 is 0 Å². The maximum Gasteiger partial charge on any atom is 0.189 e. The summed E-state index contributed by atoms with van der Waals surface area (Å²) < 4.78 is 0. The third kappa shape index (κ3) is 4.17. The average Bonchev–Trinajstić information content (AvgIpc) is 2.26. The van der Waals surface area contributed by atoms with Crippen molar-refractivity contribution < 1.29 is 10.2 Å². The molecule has 1 rings (SSSR count). The molecule has 2 nitrogen and oxygen atoms in total. The van der Waals surface area contributed by atoms with Gasteiger partial charge < -0.3 is 10.2 Å². The zero-order chi connectivity index (χ0) is 12.0. The fourth-order valence-corrected chi connectivity index (χ4v) is 1.59. The minimum Gasteiger partial charge on any atom is -0.362 e. The van der Waals surface area contributed by atoms with Gasteiger partial charge in [-0.15, -0.1) is 0 Å². The molecular formula is C14H20O2. The van der Waals surface area contributed by atoms with E-state index in [9.17, 15) is 10.2 Å². The lowest BCUT2D eigenvalue weighted by atomic mass is 10.00. The van der Waals surface area contributed by atoms with E-state index >= 15 is 0 Å². The van der Waals surface area contributed by atoms with Gasteiger partial charge in [0.05, 0.1) is 0 Å². The van der Waals surface area contributed by atoms with Crippen molar-refractivity contribution in [2.24, 2.45) is 0 Å². The molecule has 0 aromatic heterocycles. The van der Waals surface area contributed by atoms with E-state index in [-0.39, 0.29) is 0 Å². The Labute approximate surface area is 97.2 Å². The maximum absolute atomic E-state index is 9.89. The van der Waals surface area contributed by atoms with Gasteiger partial charge in [0.1, 0.15) is 0 Å². The van der Waals surface area contributed by atoms with Gasteiger partial charge >= 0.3 is 0 Å². The Hall–Kier alpha value is -1.12. The highest BCUT2D eigenvalue weighted by Crippen LogP contribution is 2.23. The van der Waals surface area contributed by atoms with Crippen molar-refractivity contribution >= 4 is 0 Å². The number of hydrogen-bond acceptors (Lipinski definition) is 2. The number of hydrogen-bond donors (Lipinski definition) is 2. The zero-order valence-corrected chi connectivity index (χ0v) is 9.98. The highest BCUT2D eigenvalue weighted by Gasteiger charge is 2.24. The third-order valence-electron chi connectivity index (χ3n) is 2.52. The second-order valence-corrected chi connectivity index (χ2v) is 4.36. The van der Waals surface area contributed by atoms with Gasteiger partial charge in [0.15, 0.2) is 5.79 Å². The molecule has 2 N–H and O–H groups in total. The van der Waals surface area contributed by atoms with E-state index in [0.717, 1.165) is 12.8 Å². The van der Waals surface area contributed by atoms with Crippen LogP contribution in [0.1, 0.15) is 38.7 Å². The van der Waals surface area contributed by atoms with Crippen molar-refractivity contribution in [1.82, 2.24) is 0 Å². The van der Waals surface area contributed by atoms with E-state index in [1.807, 2.05) is 32.0 Å². The van der Waals surface area contributed by atoms with Gasteiger partial charge in [0.2, 0.25) is 0 Å². The summed E-state index contributed by atoms with van der Waals surface area (Å²) in [6.07, 6.45) is 4.13. The smallest absolute Gasteiger partial charge is 0.189 e. The molecule has 0 aliphatic heterocycles. The molecule has 1 aromatic carbocycles. The number of benzene rings is 1. The Morgan fingerprint density at radius 3 is 2.38 bits per heavy atom. The molecule has 0 saturated carbocycles. The van der Waals surface area contributed by atoms with E-state index in [0.29, 0.717) is 12.0 Å². The first-order valence-corrected chi connectivity index (χ1v) is 5.66. The van der Waals surface area contributed by atoms with Crippen molar-refractivity contribution in [3.05, 3.63) is 47.5 Å². The zero-order valence-electron chi connectivity index (χ0n) is 9.98. The standard InChI is InChI=1S/C14H20O2/c1-12(2)8-6-7-11-14(15,16)13-9-4-3-5-10-13/h3-5,8-10,15-16H,6-7,11H2,1-2H3. The number of rotatable bonds is 5. The molecule has 1 aromatic rings. The monoisotopic (exact) mass is 220 g/mol. The van der Waals surface area contributed by atoms with Gasteiger partial charge in [-0.2, -0.15) is 0 Å². The maximum atomic E-state index is 9.89. The number of unbranched alkanes of at least 4 members (excludes halogenated alkanes) is 1. The first kappa shape index (κ1) is 12.9. The topological polar surface area (TPSA) is 40.5 Å². The van der Waals surface area contributed by atoms with Crippen LogP contribution in [0.2, 0.25) is 0 Å². The summed E-state index contributed by atoms with van der Waals surface area (Å²) in [6, 6.07) is 8.96. The molecule has 0 heterocycles. The molecule has 0 fully saturated rings. The Bertz CT molecular complexity index is 335. The van der Waals surface area contributed by atoms with Crippen molar-refractivity contribution in [2.45, 2.75) is 38.9 Å². The Balaban J connectivity index is 2.50. The van der Waals surface area contributed by atoms with Gasteiger partial charge in [0, 0.05) is 12.0 Å². The van der Waals surface area contributed by atoms with Crippen LogP contribution >= 0.6 is 0 Å². The van der Waals surface area contributed by atoms with Gasteiger partial charge in [-0.05, 0) is 26.7 Å². The molecule has 0 amide bonds. The number of aliphatic hydroxyl groups is 2. The van der Waals surface area contributed by atoms with E-state index in [2.05, 4.69) is 6.08 Å². The second kappa shape index (κ2) is 5.83. The van der Waals surface area contributed by atoms with Crippen molar-refractivity contribution in [2.75, 3.05) is 0 Å². The predicted octanol–water partition coefficient (Wildman–Crippen LogP) is 2.96. The minimum atomic E-state index is -1.70. The molecule has 88 valence electrons. The molecule has 0 spiro atoms. The first-order valence-electron chi connectivity index (χ1n) is 5.66. The van der Waals surface area contributed by atoms with Crippen LogP contribution in [0, 0.1) is 0 Å². The summed E-state index contributed by atoms with van der Waals surface area (Å²) in [5.74, 6) is -1.70. The molecular weight excluding hydrogens is 200 g/mol. The molecule has 0 bridgehead atoms. The van der Waals surface area contributed by atoms with E-state index in [1.165, 1.54) is 5.57 Å². The lowest BCUT2D eigenvalue weighted by molar-refractivity contribution is -0.175. The van der Waals surface area contributed by atoms with Crippen LogP contribution in [0.4, 0.5) is 0 Å². The van der Waals surface area contributed by atoms with Gasteiger partial charge in [-0.25, -0.2) is 0 Å². The van der Waals surface area contributed by atoms with Crippen LogP contribution in [0.25, 0.3) is 0 Å². The Morgan fingerprint density at radius 1 is 1.19 bits per heavy atom. The van der Waals surface area contributed by atoms with Gasteiger partial charge in [-0.3, -0.25) is 0 Å². The van der Waals surface area contributed by atoms with Crippen LogP contribution in [0.3, 0.4) is 0 Å². The van der Waals surface area contributed by atoms with Crippen LogP contribution in [0.15, 0.2) is 42.0 Å². The van der Waals surface area contributed by atoms with Crippen LogP contribution in [-0.2, 0) is 5.79 Å². The minimum absolute atomic E-state index is 0.362. The number of allylic oxidation sites excluding steroid dienone is 2. The average molecular weight is 220 g/mol. The SMILES string of the molecule is CC(C)=CCCCC(O)(O)c1ccccc1. The molecule has 0 unspecified atom stereocenters. The normalized spacial score (nSPS) is 11.2. The molecule has 2 heteroatoms. The molecule has 0 saturated heterocycles. The lowest BCUT2D eigenvalue weighted by Crippen LogP contribution is -2.24. The Morgan fingerprint density at radius 2 is 1.81 bits per heavy atom. The molecule has 0 aliphatic carbocycles. The fourth-order valence-electron chi connectivity index (χ4n) is 1.59. The third-order valence-corrected chi connectivity index (χ3v) is 2.52. The fraction of sp³-hybridized carbons (Fsp3) is 0.429. The van der Waals surface area contributed by atoms with Crippen LogP contribution in [-0.4, -0.2) is 10.2 Å². The van der Waals surface area contributed by atoms with Crippen LogP contribution in [0.5, 0.6) is 0 Å². The van der Waals surface area contributed by atoms with Crippen molar-refractivity contribution in [3.8, 4) is 0 Å². The second-order valence-electron chi connectivity index (χ2n) is 4.36. The molecule has 0 aliphatic rings. The van der Waals surface area contributed by atoms with E-state index in [1.54, 1.807) is 12.1 Å². The van der Waals surface area contributed by atoms with Crippen molar-refractivity contribution in [1.29, 1.82) is 0 Å². The lowest BCUT2D eigenvalue weighted by Gasteiger charge is -2.21. The summed E-state index contributed by atoms with van der Waals surface area (Å²) in [6.45, 7) is 4.09. The molecule has 16 heavy (non-hydrogen) atoms. The van der Waals surface area contributed by atoms with Gasteiger partial charge in [-0.1, -0.05) is 42.0 Å². The summed E-state index contributed by atoms with van der Waals surface area (Å²) >= 11 is 0. The summed E-state index contributed by atoms with van der Waals surface area (Å²) in [5, 5.41) is 19.8. The first-order chi connectivity index (χ1) is 7.52. The highest BCUT2D eigenvalue weighted by atomic mass is 16.5. The van der Waals surface area contributed by atoms with Crippen molar-refractivity contribution in [3.63, 3.8) is 0 Å². The highest BCUT2D eigenvalue weighted by molar-refractivity contribution is 5.19. The van der Waals surface area contributed by atoms with Gasteiger partial charge in [0.25, 0.3) is 0 Å². The van der Waals surface area contributed by atoms with E-state index < -0.39 is 5.79 Å². The van der Waals surface area contributed by atoms with E-state index in [4.69, 9.17) is 0 Å². The summed E-state index contributed by atoms with van der Waals surface area (Å²) in [5.41, 5.74) is 1.83. The molecule has 0 radical (unpaired) electrons. The quantitative estimate of drug-likeness (QED) is 0.455. The summed E-state index contributed by atoms with van der Waals surface area (Å²) in [7, 11) is 0.